The number of hydrogen-bond donors (Lipinski definition) is 4. The summed E-state index contributed by atoms with van der Waals surface area (Å²) in [5, 5.41) is 9.72. The predicted molar refractivity (Wildman–Crippen MR) is 39.1 cm³/mol. The molecule has 0 radical (unpaired) electrons. The van der Waals surface area contributed by atoms with E-state index < -0.39 is 0 Å². The lowest BCUT2D eigenvalue weighted by Crippen LogP contribution is -2.29. The highest BCUT2D eigenvalue weighted by atomic mass is 16.3. The normalized spacial score (nSPS) is 9.00. The fourth-order valence-corrected chi connectivity index (χ4v) is 0.509. The van der Waals surface area contributed by atoms with Gasteiger partial charge in [0.1, 0.15) is 5.82 Å². The van der Waals surface area contributed by atoms with Gasteiger partial charge in [0.05, 0.1) is 6.20 Å². The van der Waals surface area contributed by atoms with Crippen LogP contribution in [0.5, 0.6) is 0 Å². The minimum atomic E-state index is 0.117. The second kappa shape index (κ2) is 4.89. The van der Waals surface area contributed by atoms with Crippen molar-refractivity contribution in [1.29, 1.82) is 0 Å². The van der Waals surface area contributed by atoms with E-state index in [-0.39, 0.29) is 12.4 Å². The Balaban J connectivity index is 3.43. The molecule has 0 aliphatic rings. The van der Waals surface area contributed by atoms with Crippen LogP contribution in [0.1, 0.15) is 6.42 Å². The van der Waals surface area contributed by atoms with Crippen molar-refractivity contribution in [1.82, 2.24) is 5.01 Å². The third-order valence-electron chi connectivity index (χ3n) is 0.889. The van der Waals surface area contributed by atoms with Crippen LogP contribution in [0, 0.1) is 0 Å². The largest absolute Gasteiger partial charge is 0.396 e. The van der Waals surface area contributed by atoms with Gasteiger partial charge in [-0.3, -0.25) is 0 Å². The van der Waals surface area contributed by atoms with E-state index in [1.165, 1.54) is 11.2 Å². The molecule has 0 aromatic carbocycles. The van der Waals surface area contributed by atoms with Gasteiger partial charge in [-0.25, -0.2) is 5.84 Å². The molecule has 0 heterocycles. The summed E-state index contributed by atoms with van der Waals surface area (Å²) in [4.78, 5) is 0. The third-order valence-corrected chi connectivity index (χ3v) is 0.889. The zero-order valence-electron chi connectivity index (χ0n) is 5.83. The lowest BCUT2D eigenvalue weighted by Gasteiger charge is -2.11. The lowest BCUT2D eigenvalue weighted by atomic mass is 10.4. The molecule has 10 heavy (non-hydrogen) atoms. The highest BCUT2D eigenvalue weighted by Gasteiger charge is 1.90. The first-order valence-corrected chi connectivity index (χ1v) is 3.01. The van der Waals surface area contributed by atoms with E-state index in [9.17, 15) is 0 Å². The van der Waals surface area contributed by atoms with Crippen molar-refractivity contribution in [3.05, 3.63) is 12.0 Å². The molecular formula is C5H14N4O. The molecule has 0 saturated heterocycles. The molecule has 0 aromatic rings. The van der Waals surface area contributed by atoms with E-state index in [1.54, 1.807) is 0 Å². The van der Waals surface area contributed by atoms with Crippen molar-refractivity contribution in [2.75, 3.05) is 13.2 Å². The molecule has 5 heteroatoms. The highest BCUT2D eigenvalue weighted by molar-refractivity contribution is 4.87. The molecule has 0 spiro atoms. The molecule has 0 saturated carbocycles. The van der Waals surface area contributed by atoms with Crippen LogP contribution in [0.15, 0.2) is 12.0 Å². The Hall–Kier alpha value is -0.940. The van der Waals surface area contributed by atoms with Crippen molar-refractivity contribution in [3.63, 3.8) is 0 Å². The van der Waals surface area contributed by atoms with Gasteiger partial charge in [0.15, 0.2) is 0 Å². The number of hydrogen-bond acceptors (Lipinski definition) is 5. The van der Waals surface area contributed by atoms with Gasteiger partial charge in [-0.1, -0.05) is 0 Å². The topological polar surface area (TPSA) is 102 Å². The van der Waals surface area contributed by atoms with Gasteiger partial charge in [0.2, 0.25) is 0 Å². The van der Waals surface area contributed by atoms with Gasteiger partial charge in [-0.2, -0.15) is 0 Å². The maximum Gasteiger partial charge on any atom is 0.111 e. The molecule has 5 nitrogen and oxygen atoms in total. The Labute approximate surface area is 60.1 Å². The summed E-state index contributed by atoms with van der Waals surface area (Å²) in [5.74, 6) is 5.51. The first-order chi connectivity index (χ1) is 4.66. The van der Waals surface area contributed by atoms with Crippen LogP contribution in [0.2, 0.25) is 0 Å². The molecule has 0 aromatic heterocycles. The van der Waals surface area contributed by atoms with Crippen molar-refractivity contribution in [2.24, 2.45) is 17.3 Å². The molecule has 0 rings (SSSR count). The van der Waals surface area contributed by atoms with Gasteiger partial charge in [0.25, 0.3) is 0 Å². The van der Waals surface area contributed by atoms with Crippen LogP contribution in [0.3, 0.4) is 0 Å². The molecule has 0 aliphatic carbocycles. The average Bonchev–Trinajstić information content (AvgIpc) is 1.82. The van der Waals surface area contributed by atoms with E-state index >= 15 is 0 Å². The van der Waals surface area contributed by atoms with Crippen molar-refractivity contribution in [2.45, 2.75) is 6.42 Å². The van der Waals surface area contributed by atoms with Gasteiger partial charge < -0.3 is 21.6 Å². The molecular weight excluding hydrogens is 132 g/mol. The maximum atomic E-state index is 8.38. The SMILES string of the molecule is NC(N)=CN(N)CCCO. The smallest absolute Gasteiger partial charge is 0.111 e. The van der Waals surface area contributed by atoms with Gasteiger partial charge in [-0.05, 0) is 6.42 Å². The van der Waals surface area contributed by atoms with E-state index in [2.05, 4.69) is 0 Å². The fraction of sp³-hybridized carbons (Fsp3) is 0.600. The van der Waals surface area contributed by atoms with Crippen LogP contribution in [0.25, 0.3) is 0 Å². The number of rotatable bonds is 4. The van der Waals surface area contributed by atoms with E-state index in [0.717, 1.165) is 0 Å². The summed E-state index contributed by atoms with van der Waals surface area (Å²) in [6, 6.07) is 0. The zero-order valence-corrected chi connectivity index (χ0v) is 5.83. The molecule has 7 N–H and O–H groups in total. The van der Waals surface area contributed by atoms with E-state index in [1.807, 2.05) is 0 Å². The van der Waals surface area contributed by atoms with Crippen LogP contribution in [0.4, 0.5) is 0 Å². The number of hydrazine groups is 1. The summed E-state index contributed by atoms with van der Waals surface area (Å²) in [6.07, 6.45) is 2.02. The van der Waals surface area contributed by atoms with Crippen molar-refractivity contribution in [3.8, 4) is 0 Å². The van der Waals surface area contributed by atoms with Crippen LogP contribution in [-0.4, -0.2) is 23.3 Å². The standard InChI is InChI=1S/C5H14N4O/c6-5(7)4-9(8)2-1-3-10/h4,10H,1-3,6-8H2. The van der Waals surface area contributed by atoms with E-state index in [4.69, 9.17) is 22.4 Å². The minimum Gasteiger partial charge on any atom is -0.396 e. The van der Waals surface area contributed by atoms with Crippen LogP contribution >= 0.6 is 0 Å². The molecule has 0 fully saturated rings. The number of aliphatic hydroxyl groups excluding tert-OH is 1. The Morgan fingerprint density at radius 1 is 1.50 bits per heavy atom. The maximum absolute atomic E-state index is 8.38. The van der Waals surface area contributed by atoms with Gasteiger partial charge in [-0.15, -0.1) is 0 Å². The number of aliphatic hydroxyl groups is 1. The van der Waals surface area contributed by atoms with Gasteiger partial charge >= 0.3 is 0 Å². The number of nitrogens with zero attached hydrogens (tertiary/aromatic N) is 1. The second-order valence-corrected chi connectivity index (χ2v) is 1.94. The summed E-state index contributed by atoms with van der Waals surface area (Å²) in [6.45, 7) is 0.667. The predicted octanol–water partition coefficient (Wildman–Crippen LogP) is -1.74. The summed E-state index contributed by atoms with van der Waals surface area (Å²) in [7, 11) is 0. The van der Waals surface area contributed by atoms with Gasteiger partial charge in [0, 0.05) is 13.2 Å². The summed E-state index contributed by atoms with van der Waals surface area (Å²) in [5.41, 5.74) is 10.2. The molecule has 0 atom stereocenters. The molecule has 60 valence electrons. The number of nitrogens with two attached hydrogens (primary N) is 3. The van der Waals surface area contributed by atoms with Crippen molar-refractivity contribution < 1.29 is 5.11 Å². The molecule has 0 aliphatic heterocycles. The monoisotopic (exact) mass is 146 g/mol. The zero-order chi connectivity index (χ0) is 7.98. The second-order valence-electron chi connectivity index (χ2n) is 1.94. The highest BCUT2D eigenvalue weighted by Crippen LogP contribution is 1.83. The minimum absolute atomic E-state index is 0.117. The van der Waals surface area contributed by atoms with Crippen LogP contribution in [-0.2, 0) is 0 Å². The van der Waals surface area contributed by atoms with Crippen LogP contribution < -0.4 is 17.3 Å². The Morgan fingerprint density at radius 2 is 2.10 bits per heavy atom. The first kappa shape index (κ1) is 9.06. The quantitative estimate of drug-likeness (QED) is 0.278. The summed E-state index contributed by atoms with van der Waals surface area (Å²) < 4.78 is 0. The summed E-state index contributed by atoms with van der Waals surface area (Å²) >= 11 is 0. The molecule has 0 bridgehead atoms. The molecule has 0 amide bonds. The Morgan fingerprint density at radius 3 is 2.50 bits per heavy atom. The fourth-order valence-electron chi connectivity index (χ4n) is 0.509. The van der Waals surface area contributed by atoms with Crippen molar-refractivity contribution >= 4 is 0 Å². The lowest BCUT2D eigenvalue weighted by molar-refractivity contribution is 0.260. The average molecular weight is 146 g/mol. The Kier molecular flexibility index (Phi) is 4.43. The third kappa shape index (κ3) is 5.20. The molecule has 0 unspecified atom stereocenters. The Bertz CT molecular complexity index is 110. The van der Waals surface area contributed by atoms with E-state index in [0.29, 0.717) is 13.0 Å². The first-order valence-electron chi connectivity index (χ1n) is 3.01.